The quantitative estimate of drug-likeness (QED) is 0.895. The highest BCUT2D eigenvalue weighted by Gasteiger charge is 2.16. The van der Waals surface area contributed by atoms with Gasteiger partial charge >= 0.3 is 0 Å². The molecule has 2 aromatic rings. The number of rotatable bonds is 5. The minimum absolute atomic E-state index is 0.154. The summed E-state index contributed by atoms with van der Waals surface area (Å²) in [5, 5.41) is 3.62. The summed E-state index contributed by atoms with van der Waals surface area (Å²) >= 11 is 1.74. The first-order valence-electron chi connectivity index (χ1n) is 6.72. The molecule has 0 spiro atoms. The zero-order chi connectivity index (χ0) is 13.7. The van der Waals surface area contributed by atoms with Crippen LogP contribution in [0.25, 0.3) is 0 Å². The molecular formula is C16H22N2S. The van der Waals surface area contributed by atoms with Crippen LogP contribution in [0.3, 0.4) is 0 Å². The number of benzene rings is 1. The molecular weight excluding hydrogens is 252 g/mol. The lowest BCUT2D eigenvalue weighted by Crippen LogP contribution is -2.38. The minimum atomic E-state index is 0.154. The summed E-state index contributed by atoms with van der Waals surface area (Å²) in [7, 11) is 0. The maximum Gasteiger partial charge on any atom is 0.0794 e. The topological polar surface area (TPSA) is 24.9 Å². The van der Waals surface area contributed by atoms with Crippen LogP contribution in [0.4, 0.5) is 0 Å². The van der Waals surface area contributed by atoms with Crippen LogP contribution in [-0.4, -0.2) is 17.1 Å². The average molecular weight is 274 g/mol. The molecule has 0 aliphatic carbocycles. The van der Waals surface area contributed by atoms with Gasteiger partial charge in [0.2, 0.25) is 0 Å². The fourth-order valence-electron chi connectivity index (χ4n) is 2.05. The lowest BCUT2D eigenvalue weighted by Gasteiger charge is -2.25. The van der Waals surface area contributed by atoms with Crippen LogP contribution in [0.5, 0.6) is 0 Å². The van der Waals surface area contributed by atoms with E-state index in [1.165, 1.54) is 10.4 Å². The summed E-state index contributed by atoms with van der Waals surface area (Å²) in [6, 6.07) is 10.7. The first-order valence-corrected chi connectivity index (χ1v) is 7.60. The molecule has 1 heterocycles. The molecule has 0 aliphatic rings. The normalized spacial score (nSPS) is 13.4. The highest BCUT2D eigenvalue weighted by molar-refractivity contribution is 7.09. The van der Waals surface area contributed by atoms with E-state index in [4.69, 9.17) is 0 Å². The van der Waals surface area contributed by atoms with E-state index in [0.29, 0.717) is 5.92 Å². The fourth-order valence-corrected chi connectivity index (χ4v) is 2.72. The predicted octanol–water partition coefficient (Wildman–Crippen LogP) is 3.86. The standard InChI is InChI=1S/C16H22N2S/c1-16(2,3)18-10-14(9-15-11-17-12-19-15)13-7-5-4-6-8-13/h4-8,11-12,14,18H,9-10H2,1-3H3. The van der Waals surface area contributed by atoms with Crippen molar-refractivity contribution in [3.05, 3.63) is 52.5 Å². The molecule has 1 aromatic heterocycles. The average Bonchev–Trinajstić information content (AvgIpc) is 2.87. The first-order chi connectivity index (χ1) is 9.04. The molecule has 0 saturated heterocycles. The van der Waals surface area contributed by atoms with E-state index in [1.54, 1.807) is 11.3 Å². The van der Waals surface area contributed by atoms with Gasteiger partial charge in [-0.15, -0.1) is 11.3 Å². The molecule has 2 nitrogen and oxygen atoms in total. The first kappa shape index (κ1) is 14.2. The van der Waals surface area contributed by atoms with E-state index in [0.717, 1.165) is 13.0 Å². The molecule has 3 heteroatoms. The molecule has 0 bridgehead atoms. The zero-order valence-electron chi connectivity index (χ0n) is 11.9. The number of nitrogens with zero attached hydrogens (tertiary/aromatic N) is 1. The van der Waals surface area contributed by atoms with Gasteiger partial charge in [0.25, 0.3) is 0 Å². The van der Waals surface area contributed by atoms with Crippen LogP contribution in [0.1, 0.15) is 37.1 Å². The summed E-state index contributed by atoms with van der Waals surface area (Å²) in [5.41, 5.74) is 3.46. The zero-order valence-corrected chi connectivity index (χ0v) is 12.7. The van der Waals surface area contributed by atoms with Gasteiger partial charge in [-0.1, -0.05) is 30.3 Å². The van der Waals surface area contributed by atoms with Gasteiger partial charge in [0.15, 0.2) is 0 Å². The van der Waals surface area contributed by atoms with Crippen LogP contribution in [0, 0.1) is 0 Å². The molecule has 1 aromatic carbocycles. The van der Waals surface area contributed by atoms with E-state index in [-0.39, 0.29) is 5.54 Å². The van der Waals surface area contributed by atoms with Gasteiger partial charge in [-0.05, 0) is 32.8 Å². The maximum absolute atomic E-state index is 4.18. The largest absolute Gasteiger partial charge is 0.311 e. The minimum Gasteiger partial charge on any atom is -0.311 e. The summed E-state index contributed by atoms with van der Waals surface area (Å²) in [6.07, 6.45) is 3.04. The van der Waals surface area contributed by atoms with Gasteiger partial charge < -0.3 is 5.32 Å². The second kappa shape index (κ2) is 6.31. The molecule has 2 rings (SSSR count). The number of aromatic nitrogens is 1. The van der Waals surface area contributed by atoms with E-state index in [2.05, 4.69) is 61.4 Å². The fraction of sp³-hybridized carbons (Fsp3) is 0.438. The molecule has 0 radical (unpaired) electrons. The van der Waals surface area contributed by atoms with E-state index < -0.39 is 0 Å². The Morgan fingerprint density at radius 1 is 1.21 bits per heavy atom. The van der Waals surface area contributed by atoms with Crippen molar-refractivity contribution in [2.24, 2.45) is 0 Å². The number of nitrogens with one attached hydrogen (secondary N) is 1. The van der Waals surface area contributed by atoms with Crippen molar-refractivity contribution in [2.45, 2.75) is 38.6 Å². The molecule has 102 valence electrons. The van der Waals surface area contributed by atoms with Crippen LogP contribution in [0.15, 0.2) is 42.0 Å². The third-order valence-corrected chi connectivity index (χ3v) is 3.88. The van der Waals surface area contributed by atoms with Gasteiger partial charge in [-0.3, -0.25) is 4.98 Å². The van der Waals surface area contributed by atoms with Gasteiger partial charge in [0.05, 0.1) is 5.51 Å². The van der Waals surface area contributed by atoms with Crippen LogP contribution < -0.4 is 5.32 Å². The molecule has 1 unspecified atom stereocenters. The Kier molecular flexibility index (Phi) is 4.72. The summed E-state index contributed by atoms with van der Waals surface area (Å²) in [6.45, 7) is 7.62. The second-order valence-electron chi connectivity index (χ2n) is 5.91. The van der Waals surface area contributed by atoms with Crippen molar-refractivity contribution in [2.75, 3.05) is 6.54 Å². The molecule has 0 amide bonds. The Bertz CT molecular complexity index is 471. The van der Waals surface area contributed by atoms with E-state index in [9.17, 15) is 0 Å². The van der Waals surface area contributed by atoms with Crippen LogP contribution in [-0.2, 0) is 6.42 Å². The molecule has 0 aliphatic heterocycles. The third-order valence-electron chi connectivity index (χ3n) is 3.08. The maximum atomic E-state index is 4.18. The predicted molar refractivity (Wildman–Crippen MR) is 82.8 cm³/mol. The van der Waals surface area contributed by atoms with Gasteiger partial charge in [-0.2, -0.15) is 0 Å². The number of hydrogen-bond donors (Lipinski definition) is 1. The summed E-state index contributed by atoms with van der Waals surface area (Å²) in [5.74, 6) is 0.501. The Labute approximate surface area is 119 Å². The number of hydrogen-bond acceptors (Lipinski definition) is 3. The Hall–Kier alpha value is -1.19. The van der Waals surface area contributed by atoms with E-state index >= 15 is 0 Å². The van der Waals surface area contributed by atoms with Crippen LogP contribution in [0.2, 0.25) is 0 Å². The second-order valence-corrected chi connectivity index (χ2v) is 6.88. The molecule has 19 heavy (non-hydrogen) atoms. The smallest absolute Gasteiger partial charge is 0.0794 e. The number of thiazole rings is 1. The van der Waals surface area contributed by atoms with Crippen molar-refractivity contribution in [1.82, 2.24) is 10.3 Å². The van der Waals surface area contributed by atoms with E-state index in [1.807, 2.05) is 11.7 Å². The van der Waals surface area contributed by atoms with Crippen molar-refractivity contribution >= 4 is 11.3 Å². The third kappa shape index (κ3) is 4.77. The molecule has 1 atom stereocenters. The lowest BCUT2D eigenvalue weighted by molar-refractivity contribution is 0.405. The molecule has 1 N–H and O–H groups in total. The van der Waals surface area contributed by atoms with Crippen molar-refractivity contribution < 1.29 is 0 Å². The van der Waals surface area contributed by atoms with Crippen molar-refractivity contribution in [1.29, 1.82) is 0 Å². The highest BCUT2D eigenvalue weighted by Crippen LogP contribution is 2.22. The van der Waals surface area contributed by atoms with Crippen LogP contribution >= 0.6 is 11.3 Å². The Morgan fingerprint density at radius 2 is 1.95 bits per heavy atom. The SMILES string of the molecule is CC(C)(C)NCC(Cc1cncs1)c1ccccc1. The monoisotopic (exact) mass is 274 g/mol. The Balaban J connectivity index is 2.09. The molecule has 0 saturated carbocycles. The van der Waals surface area contributed by atoms with Gasteiger partial charge in [0, 0.05) is 29.1 Å². The summed E-state index contributed by atoms with van der Waals surface area (Å²) < 4.78 is 0. The van der Waals surface area contributed by atoms with Crippen molar-refractivity contribution in [3.8, 4) is 0 Å². The van der Waals surface area contributed by atoms with Crippen molar-refractivity contribution in [3.63, 3.8) is 0 Å². The highest BCUT2D eigenvalue weighted by atomic mass is 32.1. The van der Waals surface area contributed by atoms with Gasteiger partial charge in [0.1, 0.15) is 0 Å². The Morgan fingerprint density at radius 3 is 2.53 bits per heavy atom. The lowest BCUT2D eigenvalue weighted by atomic mass is 9.94. The molecule has 0 fully saturated rings. The van der Waals surface area contributed by atoms with Gasteiger partial charge in [-0.25, -0.2) is 0 Å². The summed E-state index contributed by atoms with van der Waals surface area (Å²) in [4.78, 5) is 5.53.